The molecule has 3 rings (SSSR count). The molecule has 0 saturated heterocycles. The predicted molar refractivity (Wildman–Crippen MR) is 81.1 cm³/mol. The van der Waals surface area contributed by atoms with Gasteiger partial charge in [-0.15, -0.1) is 0 Å². The van der Waals surface area contributed by atoms with Crippen molar-refractivity contribution < 1.29 is 9.90 Å². The van der Waals surface area contributed by atoms with Gasteiger partial charge < -0.3 is 5.11 Å². The highest BCUT2D eigenvalue weighted by Gasteiger charge is 2.19. The monoisotopic (exact) mass is 273 g/mol. The molecule has 0 spiro atoms. The summed E-state index contributed by atoms with van der Waals surface area (Å²) in [5.41, 5.74) is 1.76. The summed E-state index contributed by atoms with van der Waals surface area (Å²) in [6.07, 6.45) is 0. The van der Waals surface area contributed by atoms with Crippen LogP contribution in [0.15, 0.2) is 60.7 Å². The number of fused-ring (bicyclic) bond motifs is 1. The van der Waals surface area contributed by atoms with Gasteiger partial charge in [-0.25, -0.2) is 4.79 Å². The maximum Gasteiger partial charge on any atom is 0.337 e. The van der Waals surface area contributed by atoms with E-state index in [1.807, 2.05) is 42.5 Å². The van der Waals surface area contributed by atoms with Crippen molar-refractivity contribution in [2.45, 2.75) is 0 Å². The summed E-state index contributed by atoms with van der Waals surface area (Å²) in [6.45, 7) is 0. The van der Waals surface area contributed by atoms with Crippen molar-refractivity contribution in [2.24, 2.45) is 0 Å². The normalized spacial score (nSPS) is 10.2. The summed E-state index contributed by atoms with van der Waals surface area (Å²) < 4.78 is 0. The lowest BCUT2D eigenvalue weighted by molar-refractivity contribution is 0.0700. The van der Waals surface area contributed by atoms with E-state index in [1.54, 1.807) is 18.2 Å². The molecule has 0 saturated carbocycles. The fraction of sp³-hybridized carbons (Fsp3) is 0. The number of carboxylic acid groups (broad SMARTS) is 1. The molecule has 0 unspecified atom stereocenters. The lowest BCUT2D eigenvalue weighted by Crippen LogP contribution is -2.03. The average molecular weight is 273 g/mol. The second-order valence-electron chi connectivity index (χ2n) is 4.68. The fourth-order valence-electron chi connectivity index (χ4n) is 2.56. The number of carboxylic acids is 1. The molecule has 3 aromatic rings. The third kappa shape index (κ3) is 2.13. The van der Waals surface area contributed by atoms with Gasteiger partial charge in [0.25, 0.3) is 0 Å². The van der Waals surface area contributed by atoms with Gasteiger partial charge in [0.15, 0.2) is 0 Å². The average Bonchev–Trinajstić information content (AvgIpc) is 2.53. The van der Waals surface area contributed by atoms with Crippen LogP contribution in [0.25, 0.3) is 21.9 Å². The summed E-state index contributed by atoms with van der Waals surface area (Å²) in [4.78, 5) is 11.8. The molecule has 0 aliphatic rings. The van der Waals surface area contributed by atoms with Crippen molar-refractivity contribution in [3.05, 3.63) is 71.8 Å². The summed E-state index contributed by atoms with van der Waals surface area (Å²) in [7, 11) is 0. The maximum atomic E-state index is 11.8. The quantitative estimate of drug-likeness (QED) is 0.765. The molecular weight excluding hydrogens is 262 g/mol. The molecule has 100 valence electrons. The van der Waals surface area contributed by atoms with E-state index in [9.17, 15) is 15.2 Å². The molecule has 1 N–H and O–H groups in total. The highest BCUT2D eigenvalue weighted by atomic mass is 16.4. The molecule has 3 nitrogen and oxygen atoms in total. The third-order valence-corrected chi connectivity index (χ3v) is 3.45. The van der Waals surface area contributed by atoms with Crippen LogP contribution in [0.5, 0.6) is 0 Å². The first kappa shape index (κ1) is 12.9. The zero-order valence-corrected chi connectivity index (χ0v) is 11.1. The van der Waals surface area contributed by atoms with E-state index in [4.69, 9.17) is 0 Å². The first-order valence-electron chi connectivity index (χ1n) is 6.47. The highest BCUT2D eigenvalue weighted by Crippen LogP contribution is 2.33. The van der Waals surface area contributed by atoms with E-state index >= 15 is 0 Å². The molecule has 3 heteroatoms. The Morgan fingerprint density at radius 2 is 1.67 bits per heavy atom. The maximum absolute atomic E-state index is 11.8. The third-order valence-electron chi connectivity index (χ3n) is 3.45. The summed E-state index contributed by atoms with van der Waals surface area (Å²) in [5.74, 6) is -1.03. The van der Waals surface area contributed by atoms with Crippen LogP contribution in [0, 0.1) is 11.3 Å². The largest absolute Gasteiger partial charge is 0.478 e. The summed E-state index contributed by atoms with van der Waals surface area (Å²) in [6, 6.07) is 20.2. The van der Waals surface area contributed by atoms with Crippen LogP contribution >= 0.6 is 0 Å². The molecule has 21 heavy (non-hydrogen) atoms. The Kier molecular flexibility index (Phi) is 3.13. The van der Waals surface area contributed by atoms with E-state index in [1.165, 1.54) is 0 Å². The number of carbonyl (C=O) groups is 1. The molecule has 0 heterocycles. The number of benzene rings is 3. The molecule has 0 amide bonds. The van der Waals surface area contributed by atoms with Crippen molar-refractivity contribution in [1.29, 1.82) is 5.26 Å². The van der Waals surface area contributed by atoms with Gasteiger partial charge in [-0.3, -0.25) is 0 Å². The second kappa shape index (κ2) is 5.10. The van der Waals surface area contributed by atoms with Crippen LogP contribution in [0.4, 0.5) is 0 Å². The Bertz CT molecular complexity index is 877. The Hall–Kier alpha value is -3.12. The Morgan fingerprint density at radius 3 is 2.33 bits per heavy atom. The van der Waals surface area contributed by atoms with Crippen LogP contribution in [0.3, 0.4) is 0 Å². The number of aromatic carboxylic acids is 1. The number of nitrogens with zero attached hydrogens (tertiary/aromatic N) is 1. The van der Waals surface area contributed by atoms with Gasteiger partial charge in [0, 0.05) is 5.56 Å². The number of hydrogen-bond donors (Lipinski definition) is 1. The van der Waals surface area contributed by atoms with Crippen LogP contribution in [-0.2, 0) is 0 Å². The minimum Gasteiger partial charge on any atom is -0.478 e. The van der Waals surface area contributed by atoms with Crippen molar-refractivity contribution in [1.82, 2.24) is 0 Å². The van der Waals surface area contributed by atoms with E-state index in [0.29, 0.717) is 16.5 Å². The Morgan fingerprint density at radius 1 is 1.00 bits per heavy atom. The van der Waals surface area contributed by atoms with Crippen molar-refractivity contribution in [2.75, 3.05) is 0 Å². The molecule has 0 aliphatic heterocycles. The molecule has 0 aromatic heterocycles. The van der Waals surface area contributed by atoms with Gasteiger partial charge in [0.2, 0.25) is 0 Å². The molecular formula is C18H11NO2. The molecule has 3 aromatic carbocycles. The highest BCUT2D eigenvalue weighted by molar-refractivity contribution is 6.11. The topological polar surface area (TPSA) is 61.1 Å². The van der Waals surface area contributed by atoms with Crippen LogP contribution in [0.1, 0.15) is 15.9 Å². The number of rotatable bonds is 2. The molecule has 0 radical (unpaired) electrons. The Balaban J connectivity index is 2.50. The van der Waals surface area contributed by atoms with Gasteiger partial charge in [-0.05, 0) is 22.4 Å². The molecule has 0 atom stereocenters. The van der Waals surface area contributed by atoms with Gasteiger partial charge in [0.05, 0.1) is 17.2 Å². The standard InChI is InChI=1S/C18H11NO2/c19-11-14-10-13-8-4-5-9-15(13)17(18(20)21)16(14)12-6-2-1-3-7-12/h1-10H,(H,20,21). The van der Waals surface area contributed by atoms with Crippen molar-refractivity contribution in [3.63, 3.8) is 0 Å². The van der Waals surface area contributed by atoms with E-state index in [-0.39, 0.29) is 5.56 Å². The first-order valence-corrected chi connectivity index (χ1v) is 6.47. The van der Waals surface area contributed by atoms with Gasteiger partial charge >= 0.3 is 5.97 Å². The minimum atomic E-state index is -1.03. The zero-order chi connectivity index (χ0) is 14.8. The van der Waals surface area contributed by atoms with E-state index in [2.05, 4.69) is 6.07 Å². The lowest BCUT2D eigenvalue weighted by atomic mass is 9.90. The number of hydrogen-bond acceptors (Lipinski definition) is 2. The molecule has 0 bridgehead atoms. The van der Waals surface area contributed by atoms with Gasteiger partial charge in [-0.1, -0.05) is 54.6 Å². The van der Waals surface area contributed by atoms with Gasteiger partial charge in [-0.2, -0.15) is 5.26 Å². The van der Waals surface area contributed by atoms with E-state index in [0.717, 1.165) is 10.9 Å². The minimum absolute atomic E-state index is 0.177. The first-order chi connectivity index (χ1) is 10.2. The molecule has 0 aliphatic carbocycles. The van der Waals surface area contributed by atoms with Crippen LogP contribution < -0.4 is 0 Å². The van der Waals surface area contributed by atoms with Gasteiger partial charge in [0.1, 0.15) is 0 Å². The zero-order valence-electron chi connectivity index (χ0n) is 11.1. The number of nitriles is 1. The van der Waals surface area contributed by atoms with Crippen molar-refractivity contribution >= 4 is 16.7 Å². The van der Waals surface area contributed by atoms with Crippen LogP contribution in [-0.4, -0.2) is 11.1 Å². The predicted octanol–water partition coefficient (Wildman–Crippen LogP) is 4.08. The smallest absolute Gasteiger partial charge is 0.337 e. The fourth-order valence-corrected chi connectivity index (χ4v) is 2.56. The second-order valence-corrected chi connectivity index (χ2v) is 4.68. The molecule has 0 fully saturated rings. The summed E-state index contributed by atoms with van der Waals surface area (Å²) >= 11 is 0. The van der Waals surface area contributed by atoms with Crippen LogP contribution in [0.2, 0.25) is 0 Å². The SMILES string of the molecule is N#Cc1cc2ccccc2c(C(=O)O)c1-c1ccccc1. The Labute approximate surface area is 121 Å². The summed E-state index contributed by atoms with van der Waals surface area (Å²) in [5, 5.41) is 20.4. The van der Waals surface area contributed by atoms with E-state index < -0.39 is 5.97 Å². The van der Waals surface area contributed by atoms with Crippen molar-refractivity contribution in [3.8, 4) is 17.2 Å². The lowest BCUT2D eigenvalue weighted by Gasteiger charge is -2.12.